The zero-order valence-corrected chi connectivity index (χ0v) is 11.1. The number of hydrogen-bond acceptors (Lipinski definition) is 3. The Hall–Kier alpha value is -1.65. The number of benzene rings is 1. The van der Waals surface area contributed by atoms with E-state index in [1.54, 1.807) is 0 Å². The normalized spacial score (nSPS) is 20.1. The van der Waals surface area contributed by atoms with E-state index in [9.17, 15) is 14.5 Å². The molecule has 1 aromatic rings. The standard InChI is InChI=1S/C14H19FN2O2/c1-2-12-6-4-3-5-7-16(12)13-8-11(15)9-14(10-13)17(18)19/h8-10,12H,2-7H2,1H3. The first-order valence-electron chi connectivity index (χ1n) is 6.83. The van der Waals surface area contributed by atoms with E-state index >= 15 is 0 Å². The van der Waals surface area contributed by atoms with Gasteiger partial charge in [-0.2, -0.15) is 0 Å². The highest BCUT2D eigenvalue weighted by molar-refractivity contribution is 5.54. The monoisotopic (exact) mass is 266 g/mol. The summed E-state index contributed by atoms with van der Waals surface area (Å²) in [4.78, 5) is 12.4. The number of halogens is 1. The molecule has 4 nitrogen and oxygen atoms in total. The van der Waals surface area contributed by atoms with E-state index in [4.69, 9.17) is 0 Å². The Morgan fingerprint density at radius 1 is 1.37 bits per heavy atom. The van der Waals surface area contributed by atoms with Crippen molar-refractivity contribution in [1.82, 2.24) is 0 Å². The van der Waals surface area contributed by atoms with Crippen molar-refractivity contribution >= 4 is 11.4 Å². The lowest BCUT2D eigenvalue weighted by atomic mass is 10.1. The Bertz CT molecular complexity index is 465. The summed E-state index contributed by atoms with van der Waals surface area (Å²) in [5.41, 5.74) is 0.467. The van der Waals surface area contributed by atoms with Crippen LogP contribution in [0.25, 0.3) is 0 Å². The van der Waals surface area contributed by atoms with E-state index in [0.29, 0.717) is 11.7 Å². The number of anilines is 1. The predicted molar refractivity (Wildman–Crippen MR) is 72.9 cm³/mol. The molecule has 1 aliphatic heterocycles. The molecule has 2 rings (SSSR count). The van der Waals surface area contributed by atoms with Crippen LogP contribution < -0.4 is 4.90 Å². The zero-order chi connectivity index (χ0) is 13.8. The Morgan fingerprint density at radius 3 is 2.84 bits per heavy atom. The van der Waals surface area contributed by atoms with Gasteiger partial charge in [-0.3, -0.25) is 10.1 Å². The fourth-order valence-corrected chi connectivity index (χ4v) is 2.77. The third kappa shape index (κ3) is 3.22. The van der Waals surface area contributed by atoms with Crippen molar-refractivity contribution in [3.05, 3.63) is 34.1 Å². The van der Waals surface area contributed by atoms with Crippen molar-refractivity contribution in [1.29, 1.82) is 0 Å². The van der Waals surface area contributed by atoms with Gasteiger partial charge >= 0.3 is 0 Å². The first-order chi connectivity index (χ1) is 9.11. The lowest BCUT2D eigenvalue weighted by Crippen LogP contribution is -2.34. The first-order valence-corrected chi connectivity index (χ1v) is 6.83. The molecule has 104 valence electrons. The van der Waals surface area contributed by atoms with Crippen LogP contribution in [0, 0.1) is 15.9 Å². The van der Waals surface area contributed by atoms with Crippen molar-refractivity contribution in [2.24, 2.45) is 0 Å². The van der Waals surface area contributed by atoms with Gasteiger partial charge in [0.15, 0.2) is 0 Å². The molecule has 1 unspecified atom stereocenters. The fourth-order valence-electron chi connectivity index (χ4n) is 2.77. The average Bonchev–Trinajstić information content (AvgIpc) is 2.62. The van der Waals surface area contributed by atoms with Crippen LogP contribution in [0.1, 0.15) is 39.0 Å². The number of rotatable bonds is 3. The van der Waals surface area contributed by atoms with Crippen LogP contribution in [0.5, 0.6) is 0 Å². The molecule has 0 radical (unpaired) electrons. The minimum atomic E-state index is -0.539. The van der Waals surface area contributed by atoms with Crippen LogP contribution >= 0.6 is 0 Å². The van der Waals surface area contributed by atoms with E-state index < -0.39 is 10.7 Å². The molecule has 0 N–H and O–H groups in total. The van der Waals surface area contributed by atoms with Gasteiger partial charge in [-0.25, -0.2) is 4.39 Å². The summed E-state index contributed by atoms with van der Waals surface area (Å²) in [6, 6.07) is 4.21. The van der Waals surface area contributed by atoms with Crippen molar-refractivity contribution in [3.8, 4) is 0 Å². The number of non-ortho nitro benzene ring substituents is 1. The second-order valence-corrected chi connectivity index (χ2v) is 5.03. The first kappa shape index (κ1) is 13.8. The van der Waals surface area contributed by atoms with Crippen LogP contribution in [0.15, 0.2) is 18.2 Å². The summed E-state index contributed by atoms with van der Waals surface area (Å²) in [5.74, 6) is -0.539. The van der Waals surface area contributed by atoms with Crippen molar-refractivity contribution in [2.45, 2.75) is 45.1 Å². The largest absolute Gasteiger partial charge is 0.368 e. The highest BCUT2D eigenvalue weighted by atomic mass is 19.1. The Kier molecular flexibility index (Phi) is 4.35. The van der Waals surface area contributed by atoms with Gasteiger partial charge in [-0.1, -0.05) is 19.8 Å². The molecular weight excluding hydrogens is 247 g/mol. The van der Waals surface area contributed by atoms with Gasteiger partial charge in [0.2, 0.25) is 0 Å². The second-order valence-electron chi connectivity index (χ2n) is 5.03. The molecule has 1 aromatic carbocycles. The molecule has 0 saturated carbocycles. The smallest absolute Gasteiger partial charge is 0.274 e. The maximum atomic E-state index is 13.5. The highest BCUT2D eigenvalue weighted by Gasteiger charge is 2.22. The Labute approximate surface area is 112 Å². The summed E-state index contributed by atoms with van der Waals surface area (Å²) in [7, 11) is 0. The maximum Gasteiger partial charge on any atom is 0.274 e. The van der Waals surface area contributed by atoms with Gasteiger partial charge in [0.25, 0.3) is 5.69 Å². The van der Waals surface area contributed by atoms with Crippen molar-refractivity contribution in [3.63, 3.8) is 0 Å². The van der Waals surface area contributed by atoms with Crippen molar-refractivity contribution in [2.75, 3.05) is 11.4 Å². The summed E-state index contributed by atoms with van der Waals surface area (Å²) in [5, 5.41) is 10.8. The number of nitro benzene ring substituents is 1. The molecule has 0 amide bonds. The molecule has 1 heterocycles. The van der Waals surface area contributed by atoms with E-state index in [2.05, 4.69) is 11.8 Å². The summed E-state index contributed by atoms with van der Waals surface area (Å²) < 4.78 is 13.5. The lowest BCUT2D eigenvalue weighted by molar-refractivity contribution is -0.385. The van der Waals surface area contributed by atoms with E-state index in [1.165, 1.54) is 25.0 Å². The molecule has 0 bridgehead atoms. The van der Waals surface area contributed by atoms with Crippen LogP contribution in [0.4, 0.5) is 15.8 Å². The Balaban J connectivity index is 2.34. The summed E-state index contributed by atoms with van der Waals surface area (Å²) in [6.07, 6.45) is 5.45. The van der Waals surface area contributed by atoms with Crippen molar-refractivity contribution < 1.29 is 9.31 Å². The third-order valence-electron chi connectivity index (χ3n) is 3.76. The third-order valence-corrected chi connectivity index (χ3v) is 3.76. The molecule has 1 saturated heterocycles. The topological polar surface area (TPSA) is 46.4 Å². The SMILES string of the molecule is CCC1CCCCCN1c1cc(F)cc([N+](=O)[O-])c1. The number of hydrogen-bond donors (Lipinski definition) is 0. The van der Waals surface area contributed by atoms with Gasteiger partial charge in [-0.15, -0.1) is 0 Å². The van der Waals surface area contributed by atoms with Crippen LogP contribution in [0.3, 0.4) is 0 Å². The molecule has 1 fully saturated rings. The fraction of sp³-hybridized carbons (Fsp3) is 0.571. The molecule has 0 spiro atoms. The van der Waals surface area contributed by atoms with Crippen LogP contribution in [0.2, 0.25) is 0 Å². The molecule has 0 aromatic heterocycles. The molecule has 1 aliphatic rings. The van der Waals surface area contributed by atoms with Crippen LogP contribution in [-0.2, 0) is 0 Å². The van der Waals surface area contributed by atoms with Gasteiger partial charge in [-0.05, 0) is 25.3 Å². The minimum Gasteiger partial charge on any atom is -0.368 e. The van der Waals surface area contributed by atoms with E-state index in [0.717, 1.165) is 31.9 Å². The van der Waals surface area contributed by atoms with Gasteiger partial charge in [0.05, 0.1) is 11.0 Å². The number of nitro groups is 1. The summed E-state index contributed by atoms with van der Waals surface area (Å²) in [6.45, 7) is 2.95. The highest BCUT2D eigenvalue weighted by Crippen LogP contribution is 2.29. The maximum absolute atomic E-state index is 13.5. The predicted octanol–water partition coefficient (Wildman–Crippen LogP) is 3.89. The van der Waals surface area contributed by atoms with Gasteiger partial charge in [0, 0.05) is 24.3 Å². The second kappa shape index (κ2) is 5.99. The van der Waals surface area contributed by atoms with E-state index in [-0.39, 0.29) is 5.69 Å². The molecule has 19 heavy (non-hydrogen) atoms. The quantitative estimate of drug-likeness (QED) is 0.616. The van der Waals surface area contributed by atoms with E-state index in [1.807, 2.05) is 0 Å². The lowest BCUT2D eigenvalue weighted by Gasteiger charge is -2.31. The average molecular weight is 266 g/mol. The minimum absolute atomic E-state index is 0.172. The van der Waals surface area contributed by atoms with Gasteiger partial charge in [0.1, 0.15) is 5.82 Å². The molecule has 5 heteroatoms. The zero-order valence-electron chi connectivity index (χ0n) is 11.1. The Morgan fingerprint density at radius 2 is 2.16 bits per heavy atom. The van der Waals surface area contributed by atoms with Crippen LogP contribution in [-0.4, -0.2) is 17.5 Å². The number of nitrogens with zero attached hydrogens (tertiary/aromatic N) is 2. The summed E-state index contributed by atoms with van der Waals surface area (Å²) >= 11 is 0. The van der Waals surface area contributed by atoms with Gasteiger partial charge < -0.3 is 4.90 Å². The molecule has 0 aliphatic carbocycles. The molecule has 1 atom stereocenters. The molecular formula is C14H19FN2O2.